The zero-order chi connectivity index (χ0) is 21.4. The Morgan fingerprint density at radius 2 is 1.90 bits per heavy atom. The first kappa shape index (κ1) is 19.4. The summed E-state index contributed by atoms with van der Waals surface area (Å²) in [5.74, 6) is 2.88. The highest BCUT2D eigenvalue weighted by Gasteiger charge is 2.28. The second kappa shape index (κ2) is 7.91. The van der Waals surface area contributed by atoms with Crippen LogP contribution in [0.25, 0.3) is 11.4 Å². The summed E-state index contributed by atoms with van der Waals surface area (Å²) in [5.41, 5.74) is 3.62. The number of benzene rings is 2. The molecule has 5 rings (SSSR count). The maximum Gasteiger partial charge on any atom is 0.254 e. The quantitative estimate of drug-likeness (QED) is 0.648. The lowest BCUT2D eigenvalue weighted by atomic mass is 10.0. The number of amides is 1. The van der Waals surface area contributed by atoms with E-state index in [9.17, 15) is 4.79 Å². The molecule has 0 fully saturated rings. The molecule has 7 nitrogen and oxygen atoms in total. The first-order valence-electron chi connectivity index (χ1n) is 10.5. The number of rotatable bonds is 4. The molecule has 0 radical (unpaired) electrons. The van der Waals surface area contributed by atoms with E-state index in [0.717, 1.165) is 35.0 Å². The van der Waals surface area contributed by atoms with Gasteiger partial charge in [-0.05, 0) is 25.1 Å². The predicted octanol–water partition coefficient (Wildman–Crippen LogP) is 3.53. The zero-order valence-electron chi connectivity index (χ0n) is 17.7. The van der Waals surface area contributed by atoms with Crippen LogP contribution in [0.5, 0.6) is 11.5 Å². The van der Waals surface area contributed by atoms with Gasteiger partial charge in [0.1, 0.15) is 5.82 Å². The molecule has 0 saturated carbocycles. The van der Waals surface area contributed by atoms with E-state index in [2.05, 4.69) is 11.8 Å². The largest absolute Gasteiger partial charge is 0.454 e. The van der Waals surface area contributed by atoms with Gasteiger partial charge in [-0.1, -0.05) is 30.3 Å². The van der Waals surface area contributed by atoms with Crippen molar-refractivity contribution in [3.8, 4) is 22.9 Å². The molecule has 1 aromatic heterocycles. The molecule has 2 aliphatic heterocycles. The number of ether oxygens (including phenoxy) is 2. The van der Waals surface area contributed by atoms with Crippen molar-refractivity contribution in [2.45, 2.75) is 19.9 Å². The number of carbonyl (C=O) groups excluding carboxylic acids is 1. The van der Waals surface area contributed by atoms with Crippen LogP contribution in [0, 0.1) is 0 Å². The minimum Gasteiger partial charge on any atom is -0.454 e. The summed E-state index contributed by atoms with van der Waals surface area (Å²) in [6, 6.07) is 15.4. The summed E-state index contributed by atoms with van der Waals surface area (Å²) in [4.78, 5) is 26.9. The van der Waals surface area contributed by atoms with Crippen LogP contribution < -0.4 is 14.4 Å². The van der Waals surface area contributed by atoms with Crippen molar-refractivity contribution in [3.63, 3.8) is 0 Å². The Morgan fingerprint density at radius 1 is 1.10 bits per heavy atom. The van der Waals surface area contributed by atoms with E-state index in [4.69, 9.17) is 19.4 Å². The Kier molecular flexibility index (Phi) is 4.94. The van der Waals surface area contributed by atoms with E-state index in [1.807, 2.05) is 42.3 Å². The average molecular weight is 416 g/mol. The molecule has 0 N–H and O–H groups in total. The second-order valence-corrected chi connectivity index (χ2v) is 7.72. The Labute approximate surface area is 181 Å². The van der Waals surface area contributed by atoms with Gasteiger partial charge in [0.05, 0.1) is 12.2 Å². The van der Waals surface area contributed by atoms with Gasteiger partial charge in [-0.25, -0.2) is 9.97 Å². The zero-order valence-corrected chi connectivity index (χ0v) is 17.7. The van der Waals surface area contributed by atoms with Crippen LogP contribution in [-0.4, -0.2) is 47.7 Å². The van der Waals surface area contributed by atoms with E-state index in [-0.39, 0.29) is 12.7 Å². The van der Waals surface area contributed by atoms with Gasteiger partial charge >= 0.3 is 0 Å². The lowest BCUT2D eigenvalue weighted by molar-refractivity contribution is 0.0733. The molecule has 0 spiro atoms. The third-order valence-electron chi connectivity index (χ3n) is 5.81. The monoisotopic (exact) mass is 416 g/mol. The molecular formula is C24H24N4O3. The first-order valence-corrected chi connectivity index (χ1v) is 10.5. The summed E-state index contributed by atoms with van der Waals surface area (Å²) in [6.45, 7) is 4.19. The normalized spacial score (nSPS) is 14.3. The maximum absolute atomic E-state index is 13.2. The molecule has 0 atom stereocenters. The number of carbonyl (C=O) groups is 1. The molecule has 2 aromatic carbocycles. The number of hydrogen-bond acceptors (Lipinski definition) is 6. The standard InChI is InChI=1S/C24H24N4O3/c1-3-27(2)23-18-14-28(24(29)17-9-10-20-21(13-17)31-15-30-20)12-11-19(18)25-22(26-23)16-7-5-4-6-8-16/h4-10,13H,3,11-12,14-15H2,1-2H3. The molecule has 3 aromatic rings. The van der Waals surface area contributed by atoms with E-state index < -0.39 is 0 Å². The predicted molar refractivity (Wildman–Crippen MR) is 117 cm³/mol. The number of aromatic nitrogens is 2. The molecule has 3 heterocycles. The van der Waals surface area contributed by atoms with E-state index >= 15 is 0 Å². The van der Waals surface area contributed by atoms with Gasteiger partial charge in [0.25, 0.3) is 5.91 Å². The molecule has 0 bridgehead atoms. The highest BCUT2D eigenvalue weighted by molar-refractivity contribution is 5.95. The van der Waals surface area contributed by atoms with Gasteiger partial charge in [-0.2, -0.15) is 0 Å². The van der Waals surface area contributed by atoms with E-state index in [1.54, 1.807) is 18.2 Å². The third-order valence-corrected chi connectivity index (χ3v) is 5.81. The fourth-order valence-corrected chi connectivity index (χ4v) is 3.96. The fourth-order valence-electron chi connectivity index (χ4n) is 3.96. The molecule has 2 aliphatic rings. The van der Waals surface area contributed by atoms with Crippen molar-refractivity contribution >= 4 is 11.7 Å². The van der Waals surface area contributed by atoms with Gasteiger partial charge < -0.3 is 19.3 Å². The van der Waals surface area contributed by atoms with Crippen LogP contribution in [-0.2, 0) is 13.0 Å². The van der Waals surface area contributed by atoms with Crippen LogP contribution in [0.15, 0.2) is 48.5 Å². The molecule has 31 heavy (non-hydrogen) atoms. The minimum absolute atomic E-state index is 0.0267. The van der Waals surface area contributed by atoms with Crippen LogP contribution in [0.1, 0.15) is 28.5 Å². The number of hydrogen-bond donors (Lipinski definition) is 0. The van der Waals surface area contributed by atoms with Gasteiger partial charge in [0.2, 0.25) is 6.79 Å². The summed E-state index contributed by atoms with van der Waals surface area (Å²) in [5, 5.41) is 0. The Morgan fingerprint density at radius 3 is 2.71 bits per heavy atom. The Bertz CT molecular complexity index is 1130. The SMILES string of the molecule is CCN(C)c1nc(-c2ccccc2)nc2c1CN(C(=O)c1ccc3c(c1)OCO3)CC2. The second-order valence-electron chi connectivity index (χ2n) is 7.72. The van der Waals surface area contributed by atoms with Crippen LogP contribution in [0.4, 0.5) is 5.82 Å². The molecule has 7 heteroatoms. The number of nitrogens with zero attached hydrogens (tertiary/aromatic N) is 4. The summed E-state index contributed by atoms with van der Waals surface area (Å²) < 4.78 is 10.8. The first-order chi connectivity index (χ1) is 15.1. The van der Waals surface area contributed by atoms with Crippen molar-refractivity contribution in [3.05, 3.63) is 65.4 Å². The van der Waals surface area contributed by atoms with Crippen LogP contribution in [0.3, 0.4) is 0 Å². The van der Waals surface area contributed by atoms with Gasteiger partial charge in [-0.3, -0.25) is 4.79 Å². The van der Waals surface area contributed by atoms with Crippen LogP contribution in [0.2, 0.25) is 0 Å². The third kappa shape index (κ3) is 3.56. The van der Waals surface area contributed by atoms with Gasteiger partial charge in [-0.15, -0.1) is 0 Å². The number of anilines is 1. The summed E-state index contributed by atoms with van der Waals surface area (Å²) in [6.07, 6.45) is 0.693. The molecule has 0 unspecified atom stereocenters. The van der Waals surface area contributed by atoms with Crippen molar-refractivity contribution in [2.75, 3.05) is 31.8 Å². The van der Waals surface area contributed by atoms with E-state index in [1.165, 1.54) is 0 Å². The van der Waals surface area contributed by atoms with Gasteiger partial charge in [0.15, 0.2) is 17.3 Å². The molecule has 0 aliphatic carbocycles. The Balaban J connectivity index is 1.48. The smallest absolute Gasteiger partial charge is 0.254 e. The van der Waals surface area contributed by atoms with Crippen molar-refractivity contribution in [2.24, 2.45) is 0 Å². The lowest BCUT2D eigenvalue weighted by Gasteiger charge is -2.31. The molecular weight excluding hydrogens is 392 g/mol. The van der Waals surface area contributed by atoms with Crippen molar-refractivity contribution in [1.82, 2.24) is 14.9 Å². The number of fused-ring (bicyclic) bond motifs is 2. The van der Waals surface area contributed by atoms with Gasteiger partial charge in [0, 0.05) is 43.2 Å². The van der Waals surface area contributed by atoms with E-state index in [0.29, 0.717) is 36.6 Å². The minimum atomic E-state index is -0.0267. The lowest BCUT2D eigenvalue weighted by Crippen LogP contribution is -2.37. The molecule has 0 saturated heterocycles. The fraction of sp³-hybridized carbons (Fsp3) is 0.292. The maximum atomic E-state index is 13.2. The average Bonchev–Trinajstić information content (AvgIpc) is 3.30. The highest BCUT2D eigenvalue weighted by Crippen LogP contribution is 2.34. The Hall–Kier alpha value is -3.61. The summed E-state index contributed by atoms with van der Waals surface area (Å²) >= 11 is 0. The molecule has 158 valence electrons. The van der Waals surface area contributed by atoms with Crippen molar-refractivity contribution in [1.29, 1.82) is 0 Å². The molecule has 1 amide bonds. The summed E-state index contributed by atoms with van der Waals surface area (Å²) in [7, 11) is 2.02. The van der Waals surface area contributed by atoms with Crippen molar-refractivity contribution < 1.29 is 14.3 Å². The van der Waals surface area contributed by atoms with Crippen LogP contribution >= 0.6 is 0 Å². The topological polar surface area (TPSA) is 67.8 Å². The highest BCUT2D eigenvalue weighted by atomic mass is 16.7.